The monoisotopic (exact) mass is 165 g/mol. The molecule has 1 aliphatic heterocycles. The van der Waals surface area contributed by atoms with Crippen LogP contribution in [0.25, 0.3) is 0 Å². The summed E-state index contributed by atoms with van der Waals surface area (Å²) in [4.78, 5) is 0. The van der Waals surface area contributed by atoms with Crippen LogP contribution in [0.5, 0.6) is 11.5 Å². The molecule has 2 rings (SSSR count). The Morgan fingerprint density at radius 2 is 2.00 bits per heavy atom. The van der Waals surface area contributed by atoms with Crippen molar-refractivity contribution in [3.63, 3.8) is 0 Å². The Labute approximate surface area is 71.1 Å². The van der Waals surface area contributed by atoms with Crippen LogP contribution in [-0.4, -0.2) is 6.79 Å². The molecule has 0 atom stereocenters. The fourth-order valence-electron chi connectivity index (χ4n) is 1.31. The molecule has 0 fully saturated rings. The van der Waals surface area contributed by atoms with E-state index in [0.29, 0.717) is 6.79 Å². The molecule has 3 heteroatoms. The van der Waals surface area contributed by atoms with Crippen LogP contribution < -0.4 is 15.2 Å². The van der Waals surface area contributed by atoms with E-state index in [0.717, 1.165) is 29.2 Å². The van der Waals surface area contributed by atoms with Gasteiger partial charge in [-0.1, -0.05) is 6.92 Å². The summed E-state index contributed by atoms with van der Waals surface area (Å²) in [5.41, 5.74) is 7.66. The second kappa shape index (κ2) is 2.59. The van der Waals surface area contributed by atoms with Gasteiger partial charge in [0, 0.05) is 11.8 Å². The molecule has 0 saturated carbocycles. The van der Waals surface area contributed by atoms with Crippen LogP contribution in [-0.2, 0) is 6.42 Å². The molecule has 0 saturated heterocycles. The highest BCUT2D eigenvalue weighted by Crippen LogP contribution is 2.35. The number of anilines is 1. The number of hydrogen-bond donors (Lipinski definition) is 1. The third kappa shape index (κ3) is 0.978. The normalized spacial score (nSPS) is 13.4. The van der Waals surface area contributed by atoms with E-state index in [1.165, 1.54) is 0 Å². The highest BCUT2D eigenvalue weighted by Gasteiger charge is 2.14. The Morgan fingerprint density at radius 1 is 1.33 bits per heavy atom. The lowest BCUT2D eigenvalue weighted by atomic mass is 10.1. The zero-order valence-electron chi connectivity index (χ0n) is 6.96. The molecule has 0 radical (unpaired) electrons. The van der Waals surface area contributed by atoms with Crippen molar-refractivity contribution in [3.05, 3.63) is 17.7 Å². The van der Waals surface area contributed by atoms with Gasteiger partial charge in [0.2, 0.25) is 6.79 Å². The number of fused-ring (bicyclic) bond motifs is 1. The van der Waals surface area contributed by atoms with Crippen molar-refractivity contribution >= 4 is 5.69 Å². The van der Waals surface area contributed by atoms with Crippen LogP contribution in [0.4, 0.5) is 5.69 Å². The molecule has 0 unspecified atom stereocenters. The van der Waals surface area contributed by atoms with Gasteiger partial charge in [-0.2, -0.15) is 0 Å². The van der Waals surface area contributed by atoms with E-state index in [1.54, 1.807) is 0 Å². The van der Waals surface area contributed by atoms with Gasteiger partial charge in [-0.25, -0.2) is 0 Å². The largest absolute Gasteiger partial charge is 0.454 e. The standard InChI is InChI=1S/C9H11NO2/c1-2-6-3-8-9(4-7(6)10)12-5-11-8/h3-4H,2,5,10H2,1H3. The van der Waals surface area contributed by atoms with E-state index in [9.17, 15) is 0 Å². The average molecular weight is 165 g/mol. The Bertz CT molecular complexity index is 309. The first kappa shape index (κ1) is 7.28. The lowest BCUT2D eigenvalue weighted by molar-refractivity contribution is 0.174. The second-order valence-corrected chi connectivity index (χ2v) is 2.76. The zero-order valence-corrected chi connectivity index (χ0v) is 6.96. The molecule has 3 nitrogen and oxygen atoms in total. The molecule has 1 aromatic carbocycles. The fraction of sp³-hybridized carbons (Fsp3) is 0.333. The lowest BCUT2D eigenvalue weighted by Crippen LogP contribution is -1.92. The van der Waals surface area contributed by atoms with Crippen LogP contribution in [0.3, 0.4) is 0 Å². The minimum atomic E-state index is 0.307. The zero-order chi connectivity index (χ0) is 8.55. The summed E-state index contributed by atoms with van der Waals surface area (Å²) in [5, 5.41) is 0. The molecule has 64 valence electrons. The van der Waals surface area contributed by atoms with Crippen molar-refractivity contribution in [1.29, 1.82) is 0 Å². The van der Waals surface area contributed by atoms with Gasteiger partial charge in [-0.05, 0) is 18.1 Å². The van der Waals surface area contributed by atoms with Gasteiger partial charge < -0.3 is 15.2 Å². The number of nitrogens with two attached hydrogens (primary N) is 1. The maximum atomic E-state index is 5.77. The first-order valence-corrected chi connectivity index (χ1v) is 3.99. The molecule has 0 aromatic heterocycles. The van der Waals surface area contributed by atoms with Crippen molar-refractivity contribution in [2.45, 2.75) is 13.3 Å². The molecule has 12 heavy (non-hydrogen) atoms. The van der Waals surface area contributed by atoms with Crippen LogP contribution in [0.2, 0.25) is 0 Å². The van der Waals surface area contributed by atoms with E-state index in [1.807, 2.05) is 12.1 Å². The van der Waals surface area contributed by atoms with Crippen LogP contribution in [0.1, 0.15) is 12.5 Å². The maximum absolute atomic E-state index is 5.77. The van der Waals surface area contributed by atoms with E-state index in [4.69, 9.17) is 15.2 Å². The highest BCUT2D eigenvalue weighted by atomic mass is 16.7. The molecule has 0 spiro atoms. The summed E-state index contributed by atoms with van der Waals surface area (Å²) in [6.07, 6.45) is 0.919. The average Bonchev–Trinajstić information content (AvgIpc) is 2.49. The number of benzene rings is 1. The molecule has 1 aliphatic rings. The van der Waals surface area contributed by atoms with Crippen molar-refractivity contribution in [2.24, 2.45) is 0 Å². The van der Waals surface area contributed by atoms with Gasteiger partial charge >= 0.3 is 0 Å². The molecule has 1 aromatic rings. The molecule has 0 bridgehead atoms. The van der Waals surface area contributed by atoms with Gasteiger partial charge in [0.05, 0.1) is 0 Å². The van der Waals surface area contributed by atoms with Crippen LogP contribution in [0.15, 0.2) is 12.1 Å². The summed E-state index contributed by atoms with van der Waals surface area (Å²) in [6, 6.07) is 3.76. The minimum Gasteiger partial charge on any atom is -0.454 e. The summed E-state index contributed by atoms with van der Waals surface area (Å²) in [6.45, 7) is 2.37. The quantitative estimate of drug-likeness (QED) is 0.642. The summed E-state index contributed by atoms with van der Waals surface area (Å²) in [7, 11) is 0. The first-order chi connectivity index (χ1) is 5.81. The lowest BCUT2D eigenvalue weighted by Gasteiger charge is -2.03. The molecule has 1 heterocycles. The topological polar surface area (TPSA) is 44.5 Å². The summed E-state index contributed by atoms with van der Waals surface area (Å²) < 4.78 is 10.4. The third-order valence-corrected chi connectivity index (χ3v) is 2.02. The van der Waals surface area contributed by atoms with Crippen LogP contribution >= 0.6 is 0 Å². The summed E-state index contributed by atoms with van der Waals surface area (Å²) in [5.74, 6) is 1.56. The van der Waals surface area contributed by atoms with Crippen molar-refractivity contribution in [2.75, 3.05) is 12.5 Å². The Morgan fingerprint density at radius 3 is 2.67 bits per heavy atom. The molecular formula is C9H11NO2. The van der Waals surface area contributed by atoms with Gasteiger partial charge in [-0.15, -0.1) is 0 Å². The van der Waals surface area contributed by atoms with Gasteiger partial charge in [0.25, 0.3) is 0 Å². The predicted octanol–water partition coefficient (Wildman–Crippen LogP) is 1.56. The van der Waals surface area contributed by atoms with Crippen molar-refractivity contribution < 1.29 is 9.47 Å². The van der Waals surface area contributed by atoms with Crippen molar-refractivity contribution in [3.8, 4) is 11.5 Å². The number of ether oxygens (including phenoxy) is 2. The van der Waals surface area contributed by atoms with E-state index >= 15 is 0 Å². The predicted molar refractivity (Wildman–Crippen MR) is 46.4 cm³/mol. The van der Waals surface area contributed by atoms with Gasteiger partial charge in [0.1, 0.15) is 0 Å². The molecule has 2 N–H and O–H groups in total. The molecule has 0 amide bonds. The third-order valence-electron chi connectivity index (χ3n) is 2.02. The minimum absolute atomic E-state index is 0.307. The van der Waals surface area contributed by atoms with E-state index in [-0.39, 0.29) is 0 Å². The number of aryl methyl sites for hydroxylation is 1. The number of rotatable bonds is 1. The van der Waals surface area contributed by atoms with Gasteiger partial charge in [-0.3, -0.25) is 0 Å². The Balaban J connectivity index is 2.49. The molecular weight excluding hydrogens is 154 g/mol. The smallest absolute Gasteiger partial charge is 0.231 e. The highest BCUT2D eigenvalue weighted by molar-refractivity contribution is 5.58. The summed E-state index contributed by atoms with van der Waals surface area (Å²) >= 11 is 0. The Hall–Kier alpha value is -1.38. The van der Waals surface area contributed by atoms with E-state index < -0.39 is 0 Å². The van der Waals surface area contributed by atoms with Crippen LogP contribution in [0, 0.1) is 0 Å². The number of hydrogen-bond acceptors (Lipinski definition) is 3. The Kier molecular flexibility index (Phi) is 1.57. The SMILES string of the molecule is CCc1cc2c(cc1N)OCO2. The van der Waals surface area contributed by atoms with Crippen molar-refractivity contribution in [1.82, 2.24) is 0 Å². The van der Waals surface area contributed by atoms with Gasteiger partial charge in [0.15, 0.2) is 11.5 Å². The number of nitrogen functional groups attached to an aromatic ring is 1. The fourth-order valence-corrected chi connectivity index (χ4v) is 1.31. The maximum Gasteiger partial charge on any atom is 0.231 e. The second-order valence-electron chi connectivity index (χ2n) is 2.76. The first-order valence-electron chi connectivity index (χ1n) is 3.99. The van der Waals surface area contributed by atoms with E-state index in [2.05, 4.69) is 6.92 Å². The molecule has 0 aliphatic carbocycles.